The molecule has 0 aromatic carbocycles. The number of hydrogen-bond acceptors (Lipinski definition) is 5. The predicted molar refractivity (Wildman–Crippen MR) is 83.2 cm³/mol. The number of aromatic nitrogens is 1. The highest BCUT2D eigenvalue weighted by Gasteiger charge is 2.26. The molecule has 6 heteroatoms. The molecule has 3 heterocycles. The van der Waals surface area contributed by atoms with E-state index in [-0.39, 0.29) is 6.09 Å². The molecule has 0 aliphatic carbocycles. The van der Waals surface area contributed by atoms with E-state index in [1.807, 2.05) is 32.9 Å². The van der Waals surface area contributed by atoms with Gasteiger partial charge in [-0.1, -0.05) is 0 Å². The Kier molecular flexibility index (Phi) is 3.85. The fourth-order valence-electron chi connectivity index (χ4n) is 2.45. The lowest BCUT2D eigenvalue weighted by molar-refractivity contribution is 0.0224. The Bertz CT molecular complexity index is 564. The standard InChI is InChI=1S/C16H23N3O3/c1-16(2,3)22-15(20)19-9-10-21-13-5-6-14(17-12(13)11-19)18-7-4-8-18/h5-6H,4,7-11H2,1-3H3. The zero-order chi connectivity index (χ0) is 15.7. The van der Waals surface area contributed by atoms with Gasteiger partial charge in [0.2, 0.25) is 0 Å². The van der Waals surface area contributed by atoms with Crippen molar-refractivity contribution in [2.75, 3.05) is 31.1 Å². The average molecular weight is 305 g/mol. The molecule has 0 unspecified atom stereocenters. The number of pyridine rings is 1. The fourth-order valence-corrected chi connectivity index (χ4v) is 2.45. The summed E-state index contributed by atoms with van der Waals surface area (Å²) in [4.78, 5) is 20.8. The van der Waals surface area contributed by atoms with Gasteiger partial charge in [0.15, 0.2) is 0 Å². The Labute approximate surface area is 131 Å². The summed E-state index contributed by atoms with van der Waals surface area (Å²) in [5, 5.41) is 0. The molecule has 1 saturated heterocycles. The molecule has 2 aliphatic rings. The maximum atomic E-state index is 12.3. The second-order valence-electron chi connectivity index (χ2n) is 6.71. The molecule has 2 aliphatic heterocycles. The van der Waals surface area contributed by atoms with Crippen LogP contribution in [0.4, 0.5) is 10.6 Å². The van der Waals surface area contributed by atoms with Crippen LogP contribution in [0.25, 0.3) is 0 Å². The summed E-state index contributed by atoms with van der Waals surface area (Å²) in [6.45, 7) is 9.08. The van der Waals surface area contributed by atoms with Crippen LogP contribution in [0.15, 0.2) is 12.1 Å². The first-order valence-electron chi connectivity index (χ1n) is 7.78. The molecule has 1 aromatic heterocycles. The van der Waals surface area contributed by atoms with Crippen molar-refractivity contribution in [1.82, 2.24) is 9.88 Å². The normalized spacial score (nSPS) is 18.0. The Morgan fingerprint density at radius 1 is 1.27 bits per heavy atom. The van der Waals surface area contributed by atoms with E-state index in [0.29, 0.717) is 19.7 Å². The second kappa shape index (κ2) is 5.66. The van der Waals surface area contributed by atoms with E-state index >= 15 is 0 Å². The molecule has 22 heavy (non-hydrogen) atoms. The van der Waals surface area contributed by atoms with E-state index in [0.717, 1.165) is 30.4 Å². The number of carbonyl (C=O) groups excluding carboxylic acids is 1. The molecular formula is C16H23N3O3. The molecule has 1 aromatic rings. The van der Waals surface area contributed by atoms with Crippen molar-refractivity contribution in [2.45, 2.75) is 39.3 Å². The van der Waals surface area contributed by atoms with Crippen LogP contribution in [-0.2, 0) is 11.3 Å². The summed E-state index contributed by atoms with van der Waals surface area (Å²) < 4.78 is 11.2. The molecule has 0 radical (unpaired) electrons. The van der Waals surface area contributed by atoms with Gasteiger partial charge in [-0.05, 0) is 39.3 Å². The first kappa shape index (κ1) is 14.9. The summed E-state index contributed by atoms with van der Waals surface area (Å²) >= 11 is 0. The van der Waals surface area contributed by atoms with Crippen LogP contribution < -0.4 is 9.64 Å². The Balaban J connectivity index is 1.77. The lowest BCUT2D eigenvalue weighted by Crippen LogP contribution is -2.38. The molecule has 0 N–H and O–H groups in total. The molecule has 1 amide bonds. The third kappa shape index (κ3) is 3.26. The number of anilines is 1. The molecule has 120 valence electrons. The van der Waals surface area contributed by atoms with Gasteiger partial charge in [0.25, 0.3) is 0 Å². The minimum atomic E-state index is -0.500. The molecule has 6 nitrogen and oxygen atoms in total. The zero-order valence-electron chi connectivity index (χ0n) is 13.5. The highest BCUT2D eigenvalue weighted by atomic mass is 16.6. The number of carbonyl (C=O) groups is 1. The van der Waals surface area contributed by atoms with Crippen LogP contribution >= 0.6 is 0 Å². The van der Waals surface area contributed by atoms with Gasteiger partial charge in [-0.15, -0.1) is 0 Å². The Hall–Kier alpha value is -1.98. The summed E-state index contributed by atoms with van der Waals surface area (Å²) in [5.74, 6) is 1.72. The maximum Gasteiger partial charge on any atom is 0.410 e. The smallest absolute Gasteiger partial charge is 0.410 e. The summed E-state index contributed by atoms with van der Waals surface area (Å²) in [6.07, 6.45) is 0.888. The minimum Gasteiger partial charge on any atom is -0.490 e. The first-order chi connectivity index (χ1) is 10.4. The second-order valence-corrected chi connectivity index (χ2v) is 6.71. The van der Waals surface area contributed by atoms with E-state index in [2.05, 4.69) is 9.88 Å². The fraction of sp³-hybridized carbons (Fsp3) is 0.625. The number of rotatable bonds is 1. The molecule has 3 rings (SSSR count). The molecule has 0 atom stereocenters. The molecule has 0 bridgehead atoms. The SMILES string of the molecule is CC(C)(C)OC(=O)N1CCOc2ccc(N3CCC3)nc2C1. The number of ether oxygens (including phenoxy) is 2. The summed E-state index contributed by atoms with van der Waals surface area (Å²) in [6, 6.07) is 3.94. The monoisotopic (exact) mass is 305 g/mol. The van der Waals surface area contributed by atoms with Gasteiger partial charge < -0.3 is 14.4 Å². The predicted octanol–water partition coefficient (Wildman–Crippen LogP) is 2.42. The molecule has 0 spiro atoms. The molecule has 1 fully saturated rings. The zero-order valence-corrected chi connectivity index (χ0v) is 13.5. The van der Waals surface area contributed by atoms with Crippen LogP contribution in [-0.4, -0.2) is 47.8 Å². The van der Waals surface area contributed by atoms with Gasteiger partial charge in [0.05, 0.1) is 13.1 Å². The highest BCUT2D eigenvalue weighted by molar-refractivity contribution is 5.68. The highest BCUT2D eigenvalue weighted by Crippen LogP contribution is 2.27. The van der Waals surface area contributed by atoms with E-state index in [4.69, 9.17) is 9.47 Å². The van der Waals surface area contributed by atoms with Crippen LogP contribution in [0.1, 0.15) is 32.9 Å². The maximum absolute atomic E-state index is 12.3. The third-order valence-electron chi connectivity index (χ3n) is 3.71. The number of nitrogens with zero attached hydrogens (tertiary/aromatic N) is 3. The average Bonchev–Trinajstić information content (AvgIpc) is 2.56. The number of hydrogen-bond donors (Lipinski definition) is 0. The van der Waals surface area contributed by atoms with E-state index in [1.165, 1.54) is 6.42 Å². The van der Waals surface area contributed by atoms with Crippen molar-refractivity contribution < 1.29 is 14.3 Å². The van der Waals surface area contributed by atoms with Crippen LogP contribution in [0.5, 0.6) is 5.75 Å². The molecule has 0 saturated carbocycles. The van der Waals surface area contributed by atoms with Crippen LogP contribution in [0, 0.1) is 0 Å². The van der Waals surface area contributed by atoms with Crippen LogP contribution in [0.3, 0.4) is 0 Å². The van der Waals surface area contributed by atoms with Crippen molar-refractivity contribution in [1.29, 1.82) is 0 Å². The van der Waals surface area contributed by atoms with Gasteiger partial charge in [0, 0.05) is 13.1 Å². The lowest BCUT2D eigenvalue weighted by Gasteiger charge is -2.32. The van der Waals surface area contributed by atoms with Crippen molar-refractivity contribution in [3.63, 3.8) is 0 Å². The molecular weight excluding hydrogens is 282 g/mol. The minimum absolute atomic E-state index is 0.319. The van der Waals surface area contributed by atoms with Gasteiger partial charge >= 0.3 is 6.09 Å². The van der Waals surface area contributed by atoms with Gasteiger partial charge in [-0.25, -0.2) is 9.78 Å². The van der Waals surface area contributed by atoms with Crippen molar-refractivity contribution in [3.8, 4) is 5.75 Å². The van der Waals surface area contributed by atoms with Crippen molar-refractivity contribution in [3.05, 3.63) is 17.8 Å². The van der Waals surface area contributed by atoms with E-state index < -0.39 is 5.60 Å². The first-order valence-corrected chi connectivity index (χ1v) is 7.78. The summed E-state index contributed by atoms with van der Waals surface area (Å²) in [7, 11) is 0. The Morgan fingerprint density at radius 2 is 2.05 bits per heavy atom. The van der Waals surface area contributed by atoms with Crippen molar-refractivity contribution >= 4 is 11.9 Å². The number of fused-ring (bicyclic) bond motifs is 1. The topological polar surface area (TPSA) is 54.9 Å². The largest absolute Gasteiger partial charge is 0.490 e. The van der Waals surface area contributed by atoms with Gasteiger partial charge in [-0.2, -0.15) is 0 Å². The third-order valence-corrected chi connectivity index (χ3v) is 3.71. The van der Waals surface area contributed by atoms with Crippen LogP contribution in [0.2, 0.25) is 0 Å². The quantitative estimate of drug-likeness (QED) is 0.797. The Morgan fingerprint density at radius 3 is 2.68 bits per heavy atom. The van der Waals surface area contributed by atoms with Gasteiger partial charge in [0.1, 0.15) is 29.5 Å². The van der Waals surface area contributed by atoms with E-state index in [9.17, 15) is 4.79 Å². The summed E-state index contributed by atoms with van der Waals surface area (Å²) in [5.41, 5.74) is 0.299. The van der Waals surface area contributed by atoms with Gasteiger partial charge in [-0.3, -0.25) is 4.90 Å². The number of amides is 1. The van der Waals surface area contributed by atoms with E-state index in [1.54, 1.807) is 4.90 Å². The lowest BCUT2D eigenvalue weighted by atomic mass is 10.2. The van der Waals surface area contributed by atoms with Crippen molar-refractivity contribution in [2.24, 2.45) is 0 Å².